The average Bonchev–Trinajstić information content (AvgIpc) is 2.65. The van der Waals surface area contributed by atoms with Crippen LogP contribution < -0.4 is 4.74 Å². The molecule has 2 heterocycles. The van der Waals surface area contributed by atoms with Gasteiger partial charge in [0.15, 0.2) is 6.61 Å². The summed E-state index contributed by atoms with van der Waals surface area (Å²) in [7, 11) is 0. The molecule has 0 unspecified atom stereocenters. The molecule has 0 aliphatic carbocycles. The van der Waals surface area contributed by atoms with Crippen molar-refractivity contribution in [1.29, 1.82) is 0 Å². The lowest BCUT2D eigenvalue weighted by Crippen LogP contribution is -2.38. The highest BCUT2D eigenvalue weighted by molar-refractivity contribution is 5.85. The molecule has 4 rings (SSSR count). The zero-order valence-electron chi connectivity index (χ0n) is 14.2. The Morgan fingerprint density at radius 3 is 2.80 bits per heavy atom. The molecule has 0 spiro atoms. The number of benzene rings is 2. The zero-order chi connectivity index (χ0) is 17.2. The Balaban J connectivity index is 1.47. The number of aromatic nitrogens is 1. The molecule has 1 aliphatic rings. The predicted octanol–water partition coefficient (Wildman–Crippen LogP) is 3.51. The van der Waals surface area contributed by atoms with Gasteiger partial charge < -0.3 is 9.64 Å². The number of para-hydroxylation sites is 1. The number of fused-ring (bicyclic) bond motifs is 2. The number of aryl methyl sites for hydroxylation is 1. The van der Waals surface area contributed by atoms with E-state index in [9.17, 15) is 4.79 Å². The maximum absolute atomic E-state index is 12.6. The Labute approximate surface area is 147 Å². The van der Waals surface area contributed by atoms with Crippen LogP contribution in [0.1, 0.15) is 16.8 Å². The zero-order valence-corrected chi connectivity index (χ0v) is 14.2. The second-order valence-electron chi connectivity index (χ2n) is 6.40. The van der Waals surface area contributed by atoms with Gasteiger partial charge in [0.2, 0.25) is 0 Å². The van der Waals surface area contributed by atoms with E-state index < -0.39 is 0 Å². The van der Waals surface area contributed by atoms with Crippen LogP contribution in [-0.2, 0) is 17.8 Å². The van der Waals surface area contributed by atoms with Crippen LogP contribution in [0.2, 0.25) is 0 Å². The van der Waals surface area contributed by atoms with Gasteiger partial charge >= 0.3 is 0 Å². The Hall–Kier alpha value is -2.88. The summed E-state index contributed by atoms with van der Waals surface area (Å²) in [6.07, 6.45) is 0.900. The number of pyridine rings is 1. The third-order valence-electron chi connectivity index (χ3n) is 4.66. The number of ether oxygens (including phenoxy) is 1. The van der Waals surface area contributed by atoms with Crippen molar-refractivity contribution in [2.45, 2.75) is 19.9 Å². The Kier molecular flexibility index (Phi) is 4.10. The summed E-state index contributed by atoms with van der Waals surface area (Å²) in [5, 5.41) is 1.02. The van der Waals surface area contributed by atoms with E-state index in [0.717, 1.165) is 29.6 Å². The Bertz CT molecular complexity index is 936. The van der Waals surface area contributed by atoms with Crippen molar-refractivity contribution in [2.75, 3.05) is 13.2 Å². The second kappa shape index (κ2) is 6.55. The molecule has 0 saturated carbocycles. The molecule has 0 fully saturated rings. The van der Waals surface area contributed by atoms with E-state index >= 15 is 0 Å². The van der Waals surface area contributed by atoms with Crippen molar-refractivity contribution >= 4 is 16.8 Å². The van der Waals surface area contributed by atoms with Crippen molar-refractivity contribution in [3.8, 4) is 5.75 Å². The van der Waals surface area contributed by atoms with Gasteiger partial charge in [0.05, 0.1) is 0 Å². The van der Waals surface area contributed by atoms with Crippen LogP contribution in [0.15, 0.2) is 54.6 Å². The summed E-state index contributed by atoms with van der Waals surface area (Å²) >= 11 is 0. The molecule has 2 aromatic carbocycles. The number of rotatable bonds is 3. The fourth-order valence-electron chi connectivity index (χ4n) is 3.27. The minimum atomic E-state index is 0.0131. The van der Waals surface area contributed by atoms with Crippen molar-refractivity contribution < 1.29 is 9.53 Å². The molecule has 25 heavy (non-hydrogen) atoms. The summed E-state index contributed by atoms with van der Waals surface area (Å²) in [5.41, 5.74) is 4.30. The molecule has 0 N–H and O–H groups in total. The van der Waals surface area contributed by atoms with Crippen molar-refractivity contribution in [2.24, 2.45) is 0 Å². The number of nitrogens with zero attached hydrogens (tertiary/aromatic N) is 2. The minimum Gasteiger partial charge on any atom is -0.481 e. The summed E-state index contributed by atoms with van der Waals surface area (Å²) in [4.78, 5) is 19.0. The van der Waals surface area contributed by atoms with Crippen LogP contribution >= 0.6 is 0 Å². The molecule has 0 radical (unpaired) electrons. The molecule has 0 bridgehead atoms. The molecule has 1 aliphatic heterocycles. The molecule has 4 nitrogen and oxygen atoms in total. The molecule has 3 aromatic rings. The Morgan fingerprint density at radius 2 is 1.92 bits per heavy atom. The lowest BCUT2D eigenvalue weighted by atomic mass is 10.00. The number of amides is 1. The van der Waals surface area contributed by atoms with Crippen molar-refractivity contribution in [3.05, 3.63) is 71.4 Å². The summed E-state index contributed by atoms with van der Waals surface area (Å²) in [6, 6.07) is 18.1. The van der Waals surface area contributed by atoms with Gasteiger partial charge in [0.25, 0.3) is 5.91 Å². The lowest BCUT2D eigenvalue weighted by Gasteiger charge is -2.28. The molecule has 0 atom stereocenters. The van der Waals surface area contributed by atoms with Gasteiger partial charge in [-0.1, -0.05) is 42.5 Å². The van der Waals surface area contributed by atoms with Crippen LogP contribution in [0.25, 0.3) is 10.9 Å². The third-order valence-corrected chi connectivity index (χ3v) is 4.66. The normalized spacial score (nSPS) is 13.6. The monoisotopic (exact) mass is 332 g/mol. The van der Waals surface area contributed by atoms with Gasteiger partial charge in [0.1, 0.15) is 11.3 Å². The smallest absolute Gasteiger partial charge is 0.260 e. The van der Waals surface area contributed by atoms with Gasteiger partial charge in [-0.2, -0.15) is 0 Å². The molecular weight excluding hydrogens is 312 g/mol. The van der Waals surface area contributed by atoms with Crippen LogP contribution in [0.5, 0.6) is 5.75 Å². The third kappa shape index (κ3) is 3.20. The van der Waals surface area contributed by atoms with Gasteiger partial charge in [-0.05, 0) is 36.6 Å². The first kappa shape index (κ1) is 15.6. The quantitative estimate of drug-likeness (QED) is 0.737. The molecule has 0 saturated heterocycles. The first-order valence-electron chi connectivity index (χ1n) is 8.54. The maximum Gasteiger partial charge on any atom is 0.260 e. The second-order valence-corrected chi connectivity index (χ2v) is 6.40. The molecular formula is C21H20N2O2. The topological polar surface area (TPSA) is 42.4 Å². The fourth-order valence-corrected chi connectivity index (χ4v) is 3.27. The standard InChI is InChI=1S/C21H20N2O2/c1-15-9-10-17-7-4-8-19(21(17)22-15)25-14-20(24)23-12-11-16-5-2-3-6-18(16)13-23/h2-10H,11-14H2,1H3. The van der Waals surface area contributed by atoms with E-state index in [1.807, 2.05) is 48.2 Å². The van der Waals surface area contributed by atoms with E-state index in [-0.39, 0.29) is 12.5 Å². The van der Waals surface area contributed by atoms with E-state index in [1.165, 1.54) is 11.1 Å². The number of hydrogen-bond donors (Lipinski definition) is 0. The number of carbonyl (C=O) groups is 1. The van der Waals surface area contributed by atoms with E-state index in [4.69, 9.17) is 4.74 Å². The molecule has 1 aromatic heterocycles. The number of carbonyl (C=O) groups excluding carboxylic acids is 1. The van der Waals surface area contributed by atoms with E-state index in [0.29, 0.717) is 12.3 Å². The summed E-state index contributed by atoms with van der Waals surface area (Å²) in [5.74, 6) is 0.672. The molecule has 1 amide bonds. The lowest BCUT2D eigenvalue weighted by molar-refractivity contribution is -0.134. The number of hydrogen-bond acceptors (Lipinski definition) is 3. The van der Waals surface area contributed by atoms with Crippen molar-refractivity contribution in [1.82, 2.24) is 9.88 Å². The van der Waals surface area contributed by atoms with E-state index in [2.05, 4.69) is 23.2 Å². The predicted molar refractivity (Wildman–Crippen MR) is 97.5 cm³/mol. The van der Waals surface area contributed by atoms with Crippen LogP contribution in [0.3, 0.4) is 0 Å². The van der Waals surface area contributed by atoms with Gasteiger partial charge in [-0.3, -0.25) is 4.79 Å². The molecule has 126 valence electrons. The summed E-state index contributed by atoms with van der Waals surface area (Å²) < 4.78 is 5.82. The Morgan fingerprint density at radius 1 is 1.08 bits per heavy atom. The first-order chi connectivity index (χ1) is 12.2. The van der Waals surface area contributed by atoms with Gasteiger partial charge in [-0.15, -0.1) is 0 Å². The first-order valence-corrected chi connectivity index (χ1v) is 8.54. The van der Waals surface area contributed by atoms with Crippen molar-refractivity contribution in [3.63, 3.8) is 0 Å². The van der Waals surface area contributed by atoms with Crippen LogP contribution in [-0.4, -0.2) is 28.9 Å². The van der Waals surface area contributed by atoms with Crippen LogP contribution in [0.4, 0.5) is 0 Å². The van der Waals surface area contributed by atoms with E-state index in [1.54, 1.807) is 0 Å². The largest absolute Gasteiger partial charge is 0.481 e. The highest BCUT2D eigenvalue weighted by Crippen LogP contribution is 2.24. The highest BCUT2D eigenvalue weighted by Gasteiger charge is 2.20. The minimum absolute atomic E-state index is 0.0131. The van der Waals surface area contributed by atoms with Gasteiger partial charge in [-0.25, -0.2) is 4.98 Å². The van der Waals surface area contributed by atoms with Crippen LogP contribution in [0, 0.1) is 6.92 Å². The maximum atomic E-state index is 12.6. The average molecular weight is 332 g/mol. The highest BCUT2D eigenvalue weighted by atomic mass is 16.5. The SMILES string of the molecule is Cc1ccc2cccc(OCC(=O)N3CCc4ccccc4C3)c2n1. The summed E-state index contributed by atoms with van der Waals surface area (Å²) in [6.45, 7) is 3.39. The fraction of sp³-hybridized carbons (Fsp3) is 0.238. The van der Waals surface area contributed by atoms with Gasteiger partial charge in [0, 0.05) is 24.2 Å². The molecule has 4 heteroatoms.